The van der Waals surface area contributed by atoms with Crippen molar-refractivity contribution in [2.24, 2.45) is 0 Å². The molecular weight excluding hydrogens is 456 g/mol. The van der Waals surface area contributed by atoms with E-state index in [0.29, 0.717) is 43.2 Å². The summed E-state index contributed by atoms with van der Waals surface area (Å²) in [6.45, 7) is 6.41. The van der Waals surface area contributed by atoms with E-state index >= 15 is 0 Å². The summed E-state index contributed by atoms with van der Waals surface area (Å²) in [5.74, 6) is -0.0312. The Kier molecular flexibility index (Phi) is 9.94. The zero-order valence-electron chi connectivity index (χ0n) is 21.8. The summed E-state index contributed by atoms with van der Waals surface area (Å²) in [6.07, 6.45) is 3.92. The Bertz CT molecular complexity index is 1040. The largest absolute Gasteiger partial charge is 0.507 e. The number of benzene rings is 2. The monoisotopic (exact) mass is 494 g/mol. The van der Waals surface area contributed by atoms with Gasteiger partial charge in [-0.2, -0.15) is 0 Å². The minimum atomic E-state index is -0.673. The second-order valence-corrected chi connectivity index (χ2v) is 9.23. The fraction of sp³-hybridized carbons (Fsp3) is 0.448. The molecule has 0 spiro atoms. The normalized spacial score (nSPS) is 17.1. The number of aliphatic hydroxyl groups excluding tert-OH is 1. The fourth-order valence-corrected chi connectivity index (χ4v) is 4.33. The predicted octanol–water partition coefficient (Wildman–Crippen LogP) is 5.03. The van der Waals surface area contributed by atoms with Crippen LogP contribution in [-0.2, 0) is 9.59 Å². The van der Waals surface area contributed by atoms with Crippen LogP contribution in [0.2, 0.25) is 0 Å². The topological polar surface area (TPSA) is 79.3 Å². The minimum Gasteiger partial charge on any atom is -0.507 e. The third-order valence-corrected chi connectivity index (χ3v) is 6.20. The highest BCUT2D eigenvalue weighted by atomic mass is 16.5. The highest BCUT2D eigenvalue weighted by Gasteiger charge is 2.45. The number of aliphatic hydroxyl groups is 1. The molecule has 1 fully saturated rings. The van der Waals surface area contributed by atoms with E-state index in [1.807, 2.05) is 50.2 Å². The summed E-state index contributed by atoms with van der Waals surface area (Å²) in [5, 5.41) is 11.3. The SMILES string of the molecule is CCCCCOc1ccc(/C(O)=C2/C(=O)C(=O)N(CCCN(C)C)C2c2ccc(OCC)cc2)cc1. The molecule has 0 aromatic heterocycles. The number of amides is 1. The van der Waals surface area contributed by atoms with Crippen LogP contribution in [0.3, 0.4) is 0 Å². The number of hydrogen-bond donors (Lipinski definition) is 1. The van der Waals surface area contributed by atoms with E-state index in [0.717, 1.165) is 31.4 Å². The summed E-state index contributed by atoms with van der Waals surface area (Å²) in [5.41, 5.74) is 1.32. The van der Waals surface area contributed by atoms with Crippen LogP contribution in [0, 0.1) is 0 Å². The number of likely N-dealkylation sites (tertiary alicyclic amines) is 1. The molecule has 1 saturated heterocycles. The van der Waals surface area contributed by atoms with Gasteiger partial charge in [0.25, 0.3) is 11.7 Å². The van der Waals surface area contributed by atoms with Gasteiger partial charge in [-0.15, -0.1) is 0 Å². The van der Waals surface area contributed by atoms with Gasteiger partial charge in [0.15, 0.2) is 0 Å². The quantitative estimate of drug-likeness (QED) is 0.182. The van der Waals surface area contributed by atoms with Gasteiger partial charge < -0.3 is 24.4 Å². The molecule has 0 saturated carbocycles. The van der Waals surface area contributed by atoms with Crippen molar-refractivity contribution in [3.63, 3.8) is 0 Å². The van der Waals surface area contributed by atoms with Crippen molar-refractivity contribution in [3.8, 4) is 11.5 Å². The number of nitrogens with zero attached hydrogens (tertiary/aromatic N) is 2. The van der Waals surface area contributed by atoms with Crippen molar-refractivity contribution in [2.75, 3.05) is 40.4 Å². The zero-order valence-corrected chi connectivity index (χ0v) is 21.8. The van der Waals surface area contributed by atoms with Gasteiger partial charge in [0.1, 0.15) is 17.3 Å². The van der Waals surface area contributed by atoms with Crippen molar-refractivity contribution < 1.29 is 24.2 Å². The molecule has 36 heavy (non-hydrogen) atoms. The minimum absolute atomic E-state index is 0.102. The third-order valence-electron chi connectivity index (χ3n) is 6.20. The maximum atomic E-state index is 13.2. The number of unbranched alkanes of at least 4 members (excludes halogenated alkanes) is 2. The van der Waals surface area contributed by atoms with Crippen LogP contribution in [0.4, 0.5) is 0 Å². The molecule has 2 aromatic carbocycles. The second-order valence-electron chi connectivity index (χ2n) is 9.23. The highest BCUT2D eigenvalue weighted by molar-refractivity contribution is 6.46. The lowest BCUT2D eigenvalue weighted by Gasteiger charge is -2.26. The maximum absolute atomic E-state index is 13.2. The number of ketones is 1. The van der Waals surface area contributed by atoms with E-state index in [4.69, 9.17) is 9.47 Å². The lowest BCUT2D eigenvalue weighted by molar-refractivity contribution is -0.139. The van der Waals surface area contributed by atoms with E-state index in [9.17, 15) is 14.7 Å². The van der Waals surface area contributed by atoms with Crippen LogP contribution < -0.4 is 9.47 Å². The van der Waals surface area contributed by atoms with E-state index in [1.165, 1.54) is 0 Å². The lowest BCUT2D eigenvalue weighted by atomic mass is 9.95. The van der Waals surface area contributed by atoms with Gasteiger partial charge in [-0.1, -0.05) is 31.9 Å². The molecule has 1 amide bonds. The molecule has 194 valence electrons. The van der Waals surface area contributed by atoms with Crippen molar-refractivity contribution in [2.45, 2.75) is 45.6 Å². The average molecular weight is 495 g/mol. The van der Waals surface area contributed by atoms with Crippen molar-refractivity contribution in [1.82, 2.24) is 9.80 Å². The smallest absolute Gasteiger partial charge is 0.295 e. The average Bonchev–Trinajstić information content (AvgIpc) is 3.12. The Morgan fingerprint density at radius 1 is 0.917 bits per heavy atom. The van der Waals surface area contributed by atoms with Gasteiger partial charge in [0.05, 0.1) is 24.8 Å². The Balaban J connectivity index is 1.94. The number of Topliss-reactive ketones (excluding diaryl/α,β-unsaturated/α-hetero) is 1. The number of carbonyl (C=O) groups is 2. The second kappa shape index (κ2) is 13.1. The molecule has 0 aliphatic carbocycles. The van der Waals surface area contributed by atoms with Crippen LogP contribution in [0.5, 0.6) is 11.5 Å². The summed E-state index contributed by atoms with van der Waals surface area (Å²) < 4.78 is 11.3. The van der Waals surface area contributed by atoms with Crippen LogP contribution in [0.1, 0.15) is 56.7 Å². The number of hydrogen-bond acceptors (Lipinski definition) is 6. The molecule has 7 nitrogen and oxygen atoms in total. The van der Waals surface area contributed by atoms with E-state index in [2.05, 4.69) is 6.92 Å². The highest BCUT2D eigenvalue weighted by Crippen LogP contribution is 2.40. The van der Waals surface area contributed by atoms with E-state index in [1.54, 1.807) is 29.2 Å². The van der Waals surface area contributed by atoms with Crippen molar-refractivity contribution >= 4 is 17.4 Å². The Morgan fingerprint density at radius 2 is 1.56 bits per heavy atom. The lowest BCUT2D eigenvalue weighted by Crippen LogP contribution is -2.32. The fourth-order valence-electron chi connectivity index (χ4n) is 4.33. The molecule has 2 aromatic rings. The first-order valence-corrected chi connectivity index (χ1v) is 12.8. The molecule has 1 aliphatic rings. The predicted molar refractivity (Wildman–Crippen MR) is 141 cm³/mol. The third kappa shape index (κ3) is 6.66. The molecule has 1 aliphatic heterocycles. The van der Waals surface area contributed by atoms with Crippen molar-refractivity contribution in [3.05, 3.63) is 65.2 Å². The van der Waals surface area contributed by atoms with E-state index in [-0.39, 0.29) is 11.3 Å². The van der Waals surface area contributed by atoms with Gasteiger partial charge >= 0.3 is 0 Å². The first kappa shape index (κ1) is 27.3. The summed E-state index contributed by atoms with van der Waals surface area (Å²) in [6, 6.07) is 13.7. The van der Waals surface area contributed by atoms with Crippen LogP contribution in [0.15, 0.2) is 54.1 Å². The Labute approximate surface area is 214 Å². The van der Waals surface area contributed by atoms with Gasteiger partial charge in [-0.05, 0) is 82.4 Å². The maximum Gasteiger partial charge on any atom is 0.295 e. The molecule has 1 unspecified atom stereocenters. The number of carbonyl (C=O) groups excluding carboxylic acids is 2. The standard InChI is InChI=1S/C29H38N2O5/c1-5-7-8-20-36-24-16-12-22(13-17-24)27(32)25-26(21-10-14-23(15-11-21)35-6-2)31(29(34)28(25)33)19-9-18-30(3)4/h10-17,26,32H,5-9,18-20H2,1-4H3/b27-25-. The van der Waals surface area contributed by atoms with E-state index < -0.39 is 17.7 Å². The molecule has 1 atom stereocenters. The van der Waals surface area contributed by atoms with Gasteiger partial charge in [-0.25, -0.2) is 0 Å². The van der Waals surface area contributed by atoms with Gasteiger partial charge in [0.2, 0.25) is 0 Å². The van der Waals surface area contributed by atoms with Gasteiger partial charge in [0, 0.05) is 12.1 Å². The summed E-state index contributed by atoms with van der Waals surface area (Å²) >= 11 is 0. The van der Waals surface area contributed by atoms with Gasteiger partial charge in [-0.3, -0.25) is 9.59 Å². The molecule has 1 heterocycles. The van der Waals surface area contributed by atoms with Crippen LogP contribution in [-0.4, -0.2) is 67.0 Å². The van der Waals surface area contributed by atoms with Crippen molar-refractivity contribution in [1.29, 1.82) is 0 Å². The molecule has 0 radical (unpaired) electrons. The molecule has 1 N–H and O–H groups in total. The first-order valence-electron chi connectivity index (χ1n) is 12.8. The first-order chi connectivity index (χ1) is 17.4. The number of ether oxygens (including phenoxy) is 2. The Morgan fingerprint density at radius 3 is 2.17 bits per heavy atom. The summed E-state index contributed by atoms with van der Waals surface area (Å²) in [4.78, 5) is 29.9. The summed E-state index contributed by atoms with van der Waals surface area (Å²) in [7, 11) is 3.93. The van der Waals surface area contributed by atoms with Crippen LogP contribution >= 0.6 is 0 Å². The zero-order chi connectivity index (χ0) is 26.1. The molecule has 7 heteroatoms. The van der Waals surface area contributed by atoms with Crippen LogP contribution in [0.25, 0.3) is 5.76 Å². The Hall–Kier alpha value is -3.32. The molecular formula is C29H38N2O5. The number of rotatable bonds is 13. The molecule has 3 rings (SSSR count). The molecule has 0 bridgehead atoms.